The second kappa shape index (κ2) is 7.87. The normalized spacial score (nSPS) is 11.1. The molecule has 3 heterocycles. The number of aryl methyl sites for hydroxylation is 3. The Bertz CT molecular complexity index is 1160. The van der Waals surface area contributed by atoms with Crippen molar-refractivity contribution in [3.05, 3.63) is 76.9 Å². The summed E-state index contributed by atoms with van der Waals surface area (Å²) in [5.74, 6) is -0.132. The third-order valence-corrected chi connectivity index (χ3v) is 4.89. The Morgan fingerprint density at radius 2 is 1.93 bits per heavy atom. The average Bonchev–Trinajstić information content (AvgIpc) is 3.31. The summed E-state index contributed by atoms with van der Waals surface area (Å²) in [6.45, 7) is 7.69. The Labute approximate surface area is 169 Å². The van der Waals surface area contributed by atoms with Gasteiger partial charge in [-0.2, -0.15) is 10.2 Å². The van der Waals surface area contributed by atoms with Crippen LogP contribution in [0.5, 0.6) is 0 Å². The van der Waals surface area contributed by atoms with Crippen LogP contribution in [0, 0.1) is 13.8 Å². The first-order chi connectivity index (χ1) is 14.0. The van der Waals surface area contributed by atoms with Crippen LogP contribution in [0.25, 0.3) is 11.0 Å². The SMILES string of the molecule is CCn1cc(CNC(=O)c2cc(C)nc3c2c(C)nn3Cc2ccccc2)cn1. The van der Waals surface area contributed by atoms with Gasteiger partial charge in [0.2, 0.25) is 0 Å². The lowest BCUT2D eigenvalue weighted by Gasteiger charge is -2.08. The second-order valence-electron chi connectivity index (χ2n) is 7.13. The third-order valence-electron chi connectivity index (χ3n) is 4.89. The van der Waals surface area contributed by atoms with Crippen molar-refractivity contribution in [1.82, 2.24) is 29.9 Å². The molecule has 7 heteroatoms. The molecular formula is C22H24N6O. The average molecular weight is 388 g/mol. The molecule has 1 amide bonds. The summed E-state index contributed by atoms with van der Waals surface area (Å²) >= 11 is 0. The molecule has 3 aromatic heterocycles. The van der Waals surface area contributed by atoms with E-state index in [1.165, 1.54) is 0 Å². The van der Waals surface area contributed by atoms with E-state index in [1.54, 1.807) is 6.20 Å². The fraction of sp³-hybridized carbons (Fsp3) is 0.273. The minimum atomic E-state index is -0.132. The van der Waals surface area contributed by atoms with Crippen LogP contribution in [-0.2, 0) is 19.6 Å². The van der Waals surface area contributed by atoms with Crippen LogP contribution in [-0.4, -0.2) is 30.5 Å². The summed E-state index contributed by atoms with van der Waals surface area (Å²) in [5.41, 5.74) is 5.03. The standard InChI is InChI=1S/C22H24N6O/c1-4-27-13-18(12-24-27)11-23-22(29)19-10-15(2)25-21-20(19)16(3)26-28(21)14-17-8-6-5-7-9-17/h5-10,12-13H,4,11,14H2,1-3H3,(H,23,29). The number of amides is 1. The zero-order chi connectivity index (χ0) is 20.4. The smallest absolute Gasteiger partial charge is 0.252 e. The van der Waals surface area contributed by atoms with Crippen molar-refractivity contribution in [2.45, 2.75) is 40.4 Å². The molecule has 29 heavy (non-hydrogen) atoms. The molecule has 0 spiro atoms. The molecule has 7 nitrogen and oxygen atoms in total. The predicted molar refractivity (Wildman–Crippen MR) is 112 cm³/mol. The molecule has 0 saturated carbocycles. The lowest BCUT2D eigenvalue weighted by atomic mass is 10.1. The Morgan fingerprint density at radius 1 is 1.14 bits per heavy atom. The molecule has 0 aliphatic carbocycles. The Balaban J connectivity index is 1.64. The Hall–Kier alpha value is -3.48. The summed E-state index contributed by atoms with van der Waals surface area (Å²) < 4.78 is 3.71. The summed E-state index contributed by atoms with van der Waals surface area (Å²) in [4.78, 5) is 17.7. The molecule has 0 bridgehead atoms. The van der Waals surface area contributed by atoms with E-state index in [1.807, 2.05) is 60.6 Å². The van der Waals surface area contributed by atoms with Crippen molar-refractivity contribution >= 4 is 16.9 Å². The summed E-state index contributed by atoms with van der Waals surface area (Å²) in [5, 5.41) is 12.7. The maximum absolute atomic E-state index is 13.0. The summed E-state index contributed by atoms with van der Waals surface area (Å²) in [6.07, 6.45) is 3.72. The van der Waals surface area contributed by atoms with Crippen LogP contribution in [0.4, 0.5) is 0 Å². The number of carbonyl (C=O) groups is 1. The number of carbonyl (C=O) groups excluding carboxylic acids is 1. The minimum absolute atomic E-state index is 0.132. The van der Waals surface area contributed by atoms with Gasteiger partial charge in [-0.15, -0.1) is 0 Å². The largest absolute Gasteiger partial charge is 0.348 e. The number of hydrogen-bond donors (Lipinski definition) is 1. The number of nitrogens with one attached hydrogen (secondary N) is 1. The quantitative estimate of drug-likeness (QED) is 0.550. The van der Waals surface area contributed by atoms with E-state index >= 15 is 0 Å². The molecule has 0 unspecified atom stereocenters. The number of rotatable bonds is 6. The first-order valence-electron chi connectivity index (χ1n) is 9.73. The lowest BCUT2D eigenvalue weighted by Crippen LogP contribution is -2.23. The van der Waals surface area contributed by atoms with Gasteiger partial charge in [0.15, 0.2) is 5.65 Å². The van der Waals surface area contributed by atoms with E-state index in [0.29, 0.717) is 18.7 Å². The van der Waals surface area contributed by atoms with Crippen molar-refractivity contribution in [1.29, 1.82) is 0 Å². The number of benzene rings is 1. The van der Waals surface area contributed by atoms with Crippen molar-refractivity contribution < 1.29 is 4.79 Å². The van der Waals surface area contributed by atoms with Gasteiger partial charge in [0.05, 0.1) is 29.4 Å². The highest BCUT2D eigenvalue weighted by Gasteiger charge is 2.19. The van der Waals surface area contributed by atoms with Gasteiger partial charge < -0.3 is 5.32 Å². The second-order valence-corrected chi connectivity index (χ2v) is 7.13. The maximum atomic E-state index is 13.0. The maximum Gasteiger partial charge on any atom is 0.252 e. The van der Waals surface area contributed by atoms with Crippen LogP contribution < -0.4 is 5.32 Å². The molecule has 1 aromatic carbocycles. The van der Waals surface area contributed by atoms with Gasteiger partial charge in [0.1, 0.15) is 0 Å². The van der Waals surface area contributed by atoms with E-state index in [2.05, 4.69) is 32.6 Å². The van der Waals surface area contributed by atoms with Crippen LogP contribution in [0.1, 0.15) is 39.8 Å². The van der Waals surface area contributed by atoms with Gasteiger partial charge in [0, 0.05) is 30.5 Å². The molecule has 0 saturated heterocycles. The monoisotopic (exact) mass is 388 g/mol. The summed E-state index contributed by atoms with van der Waals surface area (Å²) in [6, 6.07) is 11.9. The van der Waals surface area contributed by atoms with E-state index in [9.17, 15) is 4.79 Å². The van der Waals surface area contributed by atoms with Crippen LogP contribution in [0.2, 0.25) is 0 Å². The van der Waals surface area contributed by atoms with Gasteiger partial charge in [-0.25, -0.2) is 9.67 Å². The highest BCUT2D eigenvalue weighted by Crippen LogP contribution is 2.23. The molecule has 0 aliphatic rings. The molecule has 0 aliphatic heterocycles. The number of pyridine rings is 1. The molecular weight excluding hydrogens is 364 g/mol. The van der Waals surface area contributed by atoms with Crippen LogP contribution in [0.3, 0.4) is 0 Å². The Kier molecular flexibility index (Phi) is 5.12. The predicted octanol–water partition coefficient (Wildman–Crippen LogP) is 3.24. The van der Waals surface area contributed by atoms with Gasteiger partial charge in [-0.3, -0.25) is 9.48 Å². The highest BCUT2D eigenvalue weighted by molar-refractivity contribution is 6.06. The van der Waals surface area contributed by atoms with E-state index in [-0.39, 0.29) is 5.91 Å². The van der Waals surface area contributed by atoms with Crippen LogP contribution >= 0.6 is 0 Å². The first-order valence-corrected chi connectivity index (χ1v) is 9.73. The molecule has 4 aromatic rings. The third kappa shape index (κ3) is 3.89. The molecule has 0 radical (unpaired) electrons. The number of fused-ring (bicyclic) bond motifs is 1. The summed E-state index contributed by atoms with van der Waals surface area (Å²) in [7, 11) is 0. The molecule has 0 fully saturated rings. The van der Waals surface area contributed by atoms with Crippen molar-refractivity contribution in [2.75, 3.05) is 0 Å². The fourth-order valence-corrected chi connectivity index (χ4v) is 3.47. The first kappa shape index (κ1) is 18.9. The topological polar surface area (TPSA) is 77.6 Å². The molecule has 1 N–H and O–H groups in total. The van der Waals surface area contributed by atoms with Crippen molar-refractivity contribution in [3.63, 3.8) is 0 Å². The number of hydrogen-bond acceptors (Lipinski definition) is 4. The Morgan fingerprint density at radius 3 is 2.66 bits per heavy atom. The van der Waals surface area contributed by atoms with Gasteiger partial charge in [-0.1, -0.05) is 30.3 Å². The van der Waals surface area contributed by atoms with E-state index in [4.69, 9.17) is 0 Å². The minimum Gasteiger partial charge on any atom is -0.348 e. The zero-order valence-corrected chi connectivity index (χ0v) is 16.9. The van der Waals surface area contributed by atoms with Crippen molar-refractivity contribution in [2.24, 2.45) is 0 Å². The molecule has 4 rings (SSSR count). The van der Waals surface area contributed by atoms with Crippen molar-refractivity contribution in [3.8, 4) is 0 Å². The molecule has 0 atom stereocenters. The molecule has 148 valence electrons. The van der Waals surface area contributed by atoms with E-state index < -0.39 is 0 Å². The van der Waals surface area contributed by atoms with Gasteiger partial charge in [-0.05, 0) is 32.4 Å². The zero-order valence-electron chi connectivity index (χ0n) is 16.9. The van der Waals surface area contributed by atoms with Gasteiger partial charge >= 0.3 is 0 Å². The van der Waals surface area contributed by atoms with Gasteiger partial charge in [0.25, 0.3) is 5.91 Å². The fourth-order valence-electron chi connectivity index (χ4n) is 3.47. The van der Waals surface area contributed by atoms with E-state index in [0.717, 1.165) is 40.1 Å². The lowest BCUT2D eigenvalue weighted by molar-refractivity contribution is 0.0952. The number of nitrogens with zero attached hydrogens (tertiary/aromatic N) is 5. The van der Waals surface area contributed by atoms with Crippen LogP contribution in [0.15, 0.2) is 48.8 Å². The highest BCUT2D eigenvalue weighted by atomic mass is 16.1. The number of aromatic nitrogens is 5.